The van der Waals surface area contributed by atoms with E-state index >= 15 is 0 Å². The summed E-state index contributed by atoms with van der Waals surface area (Å²) in [6, 6.07) is 5.85. The minimum atomic E-state index is -3.82. The van der Waals surface area contributed by atoms with Crippen molar-refractivity contribution in [2.24, 2.45) is 5.92 Å². The van der Waals surface area contributed by atoms with Gasteiger partial charge in [-0.3, -0.25) is 4.79 Å². The minimum Gasteiger partial charge on any atom is -0.360 e. The third-order valence-corrected chi connectivity index (χ3v) is 9.16. The summed E-state index contributed by atoms with van der Waals surface area (Å²) < 4.78 is 57.8. The molecule has 1 N–H and O–H groups in total. The number of amides is 1. The average molecular weight is 471 g/mol. The molecule has 1 unspecified atom stereocenters. The maximum absolute atomic E-state index is 13.0. The predicted molar refractivity (Wildman–Crippen MR) is 113 cm³/mol. The third kappa shape index (κ3) is 4.66. The van der Waals surface area contributed by atoms with Crippen molar-refractivity contribution in [2.75, 3.05) is 32.5 Å². The number of hydrogen-bond donors (Lipinski definition) is 1. The number of nitrogens with one attached hydrogen (secondary N) is 1. The van der Waals surface area contributed by atoms with Gasteiger partial charge in [-0.1, -0.05) is 5.16 Å². The molecular formula is C19H26N4O6S2. The maximum atomic E-state index is 13.0. The number of rotatable bonds is 6. The van der Waals surface area contributed by atoms with Gasteiger partial charge < -0.3 is 9.84 Å². The van der Waals surface area contributed by atoms with Crippen LogP contribution in [0, 0.1) is 19.8 Å². The van der Waals surface area contributed by atoms with Crippen LogP contribution >= 0.6 is 0 Å². The zero-order chi connectivity index (χ0) is 23.0. The lowest BCUT2D eigenvalue weighted by Gasteiger charge is -2.31. The topological polar surface area (TPSA) is 130 Å². The predicted octanol–water partition coefficient (Wildman–Crippen LogP) is 1.58. The summed E-state index contributed by atoms with van der Waals surface area (Å²) in [5.41, 5.74) is 0.727. The maximum Gasteiger partial charge on any atom is 0.248 e. The highest BCUT2D eigenvalue weighted by Gasteiger charge is 2.36. The molecule has 2 aromatic rings. The zero-order valence-electron chi connectivity index (χ0n) is 17.8. The molecule has 1 atom stereocenters. The average Bonchev–Trinajstić information content (AvgIpc) is 3.07. The van der Waals surface area contributed by atoms with Gasteiger partial charge in [0.25, 0.3) is 0 Å². The van der Waals surface area contributed by atoms with Crippen LogP contribution in [0.1, 0.15) is 24.3 Å². The highest BCUT2D eigenvalue weighted by molar-refractivity contribution is 7.89. The van der Waals surface area contributed by atoms with Gasteiger partial charge in [-0.2, -0.15) is 4.31 Å². The number of benzene rings is 1. The molecule has 1 aromatic carbocycles. The Balaban J connectivity index is 1.72. The van der Waals surface area contributed by atoms with Gasteiger partial charge in [0.05, 0.1) is 10.8 Å². The van der Waals surface area contributed by atoms with Gasteiger partial charge >= 0.3 is 0 Å². The van der Waals surface area contributed by atoms with Gasteiger partial charge in [0.1, 0.15) is 10.6 Å². The SMILES string of the molecule is Cc1noc(C)c1S(=O)(=O)N1CCCC(C(=O)Nc2ccc(S(=O)(=O)N(C)C)cc2)C1. The largest absolute Gasteiger partial charge is 0.360 e. The highest BCUT2D eigenvalue weighted by Crippen LogP contribution is 2.28. The van der Waals surface area contributed by atoms with E-state index < -0.39 is 26.0 Å². The second-order valence-corrected chi connectivity index (χ2v) is 11.7. The first-order valence-corrected chi connectivity index (χ1v) is 12.6. The van der Waals surface area contributed by atoms with Crippen molar-refractivity contribution >= 4 is 31.6 Å². The Morgan fingerprint density at radius 3 is 2.35 bits per heavy atom. The quantitative estimate of drug-likeness (QED) is 0.678. The standard InChI is InChI=1S/C19H26N4O6S2/c1-13-18(14(2)29-21-13)31(27,28)23-11-5-6-15(12-23)19(24)20-16-7-9-17(10-8-16)30(25,26)22(3)4/h7-10,15H,5-6,11-12H2,1-4H3,(H,20,24). The molecule has 0 spiro atoms. The molecule has 170 valence electrons. The molecule has 1 amide bonds. The van der Waals surface area contributed by atoms with Crippen LogP contribution in [0.4, 0.5) is 5.69 Å². The number of carbonyl (C=O) groups excluding carboxylic acids is 1. The van der Waals surface area contributed by atoms with Gasteiger partial charge in [0.2, 0.25) is 26.0 Å². The summed E-state index contributed by atoms with van der Waals surface area (Å²) in [5.74, 6) is -0.632. The Bertz CT molecular complexity index is 1150. The Morgan fingerprint density at radius 1 is 1.16 bits per heavy atom. The smallest absolute Gasteiger partial charge is 0.248 e. The Labute approximate surface area is 182 Å². The minimum absolute atomic E-state index is 0.0469. The Morgan fingerprint density at radius 2 is 1.81 bits per heavy atom. The highest BCUT2D eigenvalue weighted by atomic mass is 32.2. The molecule has 31 heavy (non-hydrogen) atoms. The lowest BCUT2D eigenvalue weighted by Crippen LogP contribution is -2.43. The van der Waals surface area contributed by atoms with E-state index in [0.717, 1.165) is 4.31 Å². The van der Waals surface area contributed by atoms with Crippen LogP contribution in [0.25, 0.3) is 0 Å². The summed E-state index contributed by atoms with van der Waals surface area (Å²) in [6.45, 7) is 3.47. The fourth-order valence-corrected chi connectivity index (χ4v) is 6.23. The normalized spacial score (nSPS) is 18.3. The fourth-order valence-electron chi connectivity index (χ4n) is 3.51. The Kier molecular flexibility index (Phi) is 6.56. The van der Waals surface area contributed by atoms with Crippen LogP contribution in [0.5, 0.6) is 0 Å². The number of aryl methyl sites for hydroxylation is 2. The lowest BCUT2D eigenvalue weighted by atomic mass is 9.99. The summed E-state index contributed by atoms with van der Waals surface area (Å²) in [6.07, 6.45) is 1.09. The number of piperidine rings is 1. The number of carbonyl (C=O) groups is 1. The number of nitrogens with zero attached hydrogens (tertiary/aromatic N) is 3. The van der Waals surface area contributed by atoms with E-state index in [-0.39, 0.29) is 33.7 Å². The lowest BCUT2D eigenvalue weighted by molar-refractivity contribution is -0.120. The first kappa shape index (κ1) is 23.4. The molecule has 1 aliphatic rings. The molecule has 12 heteroatoms. The molecule has 0 radical (unpaired) electrons. The number of sulfonamides is 2. The van der Waals surface area contributed by atoms with Gasteiger partial charge in [0, 0.05) is 32.9 Å². The van der Waals surface area contributed by atoms with Crippen molar-refractivity contribution in [1.82, 2.24) is 13.8 Å². The zero-order valence-corrected chi connectivity index (χ0v) is 19.5. The molecule has 1 aliphatic heterocycles. The van der Waals surface area contributed by atoms with Crippen LogP contribution in [0.15, 0.2) is 38.6 Å². The fraction of sp³-hybridized carbons (Fsp3) is 0.474. The summed E-state index contributed by atoms with van der Waals surface area (Å²) in [5, 5.41) is 6.47. The second-order valence-electron chi connectivity index (χ2n) is 7.66. The number of hydrogen-bond acceptors (Lipinski definition) is 7. The first-order chi connectivity index (χ1) is 14.4. The van der Waals surface area contributed by atoms with E-state index in [1.54, 1.807) is 13.8 Å². The van der Waals surface area contributed by atoms with Crippen molar-refractivity contribution in [3.8, 4) is 0 Å². The van der Waals surface area contributed by atoms with Gasteiger partial charge in [-0.05, 0) is 51.0 Å². The summed E-state index contributed by atoms with van der Waals surface area (Å²) in [4.78, 5) is 12.9. The van der Waals surface area contributed by atoms with Crippen molar-refractivity contribution in [3.05, 3.63) is 35.7 Å². The number of anilines is 1. The van der Waals surface area contributed by atoms with Crippen molar-refractivity contribution in [2.45, 2.75) is 36.5 Å². The monoisotopic (exact) mass is 470 g/mol. The molecule has 3 rings (SSSR count). The van der Waals surface area contributed by atoms with Crippen molar-refractivity contribution in [1.29, 1.82) is 0 Å². The molecule has 0 saturated carbocycles. The molecule has 1 fully saturated rings. The van der Waals surface area contributed by atoms with Gasteiger partial charge in [-0.25, -0.2) is 21.1 Å². The van der Waals surface area contributed by atoms with Crippen molar-refractivity contribution in [3.63, 3.8) is 0 Å². The molecular weight excluding hydrogens is 444 g/mol. The van der Waals surface area contributed by atoms with Gasteiger partial charge in [0.15, 0.2) is 5.76 Å². The molecule has 1 aromatic heterocycles. The molecule has 2 heterocycles. The molecule has 10 nitrogen and oxygen atoms in total. The van der Waals surface area contributed by atoms with E-state index in [1.165, 1.54) is 42.7 Å². The van der Waals surface area contributed by atoms with Crippen LogP contribution in [-0.2, 0) is 24.8 Å². The Hall–Kier alpha value is -2.28. The van der Waals surface area contributed by atoms with Crippen molar-refractivity contribution < 1.29 is 26.2 Å². The van der Waals surface area contributed by atoms with E-state index in [4.69, 9.17) is 4.52 Å². The van der Waals surface area contributed by atoms with Crippen LogP contribution in [0.3, 0.4) is 0 Å². The number of aromatic nitrogens is 1. The molecule has 0 bridgehead atoms. The van der Waals surface area contributed by atoms with Crippen LogP contribution < -0.4 is 5.32 Å². The molecule has 1 saturated heterocycles. The first-order valence-electron chi connectivity index (χ1n) is 9.71. The van der Waals surface area contributed by atoms with E-state index in [0.29, 0.717) is 25.1 Å². The van der Waals surface area contributed by atoms with Crippen LogP contribution in [0.2, 0.25) is 0 Å². The molecule has 0 aliphatic carbocycles. The second kappa shape index (κ2) is 8.69. The third-order valence-electron chi connectivity index (χ3n) is 5.22. The van der Waals surface area contributed by atoms with Crippen LogP contribution in [-0.4, -0.2) is 63.7 Å². The van der Waals surface area contributed by atoms with E-state index in [9.17, 15) is 21.6 Å². The van der Waals surface area contributed by atoms with E-state index in [1.807, 2.05) is 0 Å². The van der Waals surface area contributed by atoms with Gasteiger partial charge in [-0.15, -0.1) is 0 Å². The summed E-state index contributed by atoms with van der Waals surface area (Å²) >= 11 is 0. The van der Waals surface area contributed by atoms with E-state index in [2.05, 4.69) is 10.5 Å². The summed E-state index contributed by atoms with van der Waals surface area (Å²) in [7, 11) is -4.50.